The van der Waals surface area contributed by atoms with Gasteiger partial charge in [-0.3, -0.25) is 14.9 Å². The standard InChI is InChI=1S/C13H12N2O4S2/c1-3-19-11-5-4-9(15(17)18)6-8(11)7-10-12(16)21-13(14-10)20-2/h4-7H,3H2,1-2H3/b10-7+. The maximum Gasteiger partial charge on any atom is 0.270 e. The van der Waals surface area contributed by atoms with Crippen LogP contribution in [-0.2, 0) is 4.79 Å². The summed E-state index contributed by atoms with van der Waals surface area (Å²) < 4.78 is 6.09. The van der Waals surface area contributed by atoms with Gasteiger partial charge in [-0.25, -0.2) is 4.99 Å². The maximum absolute atomic E-state index is 11.8. The van der Waals surface area contributed by atoms with E-state index in [2.05, 4.69) is 4.99 Å². The first-order valence-corrected chi connectivity index (χ1v) is 8.07. The smallest absolute Gasteiger partial charge is 0.270 e. The lowest BCUT2D eigenvalue weighted by Crippen LogP contribution is -1.97. The predicted octanol–water partition coefficient (Wildman–Crippen LogP) is 3.33. The Kier molecular flexibility index (Phi) is 5.03. The average Bonchev–Trinajstić information content (AvgIpc) is 2.81. The fourth-order valence-electron chi connectivity index (χ4n) is 1.67. The molecule has 2 rings (SSSR count). The van der Waals surface area contributed by atoms with Crippen LogP contribution >= 0.6 is 23.5 Å². The summed E-state index contributed by atoms with van der Waals surface area (Å²) in [5.74, 6) is 0.487. The highest BCUT2D eigenvalue weighted by Gasteiger charge is 2.22. The summed E-state index contributed by atoms with van der Waals surface area (Å²) in [6.07, 6.45) is 3.36. The van der Waals surface area contributed by atoms with Crippen molar-refractivity contribution < 1.29 is 14.5 Å². The molecule has 0 radical (unpaired) electrons. The molecule has 0 amide bonds. The van der Waals surface area contributed by atoms with Crippen LogP contribution in [0.1, 0.15) is 12.5 Å². The van der Waals surface area contributed by atoms with E-state index in [1.165, 1.54) is 36.0 Å². The van der Waals surface area contributed by atoms with Crippen molar-refractivity contribution in [3.63, 3.8) is 0 Å². The van der Waals surface area contributed by atoms with E-state index in [1.54, 1.807) is 0 Å². The van der Waals surface area contributed by atoms with Gasteiger partial charge in [-0.2, -0.15) is 0 Å². The summed E-state index contributed by atoms with van der Waals surface area (Å²) in [6.45, 7) is 2.24. The lowest BCUT2D eigenvalue weighted by Gasteiger charge is -2.07. The third kappa shape index (κ3) is 3.64. The number of hydrogen-bond donors (Lipinski definition) is 0. The van der Waals surface area contributed by atoms with Crippen LogP contribution in [0.5, 0.6) is 5.75 Å². The largest absolute Gasteiger partial charge is 0.493 e. The second-order valence-corrected chi connectivity index (χ2v) is 5.93. The van der Waals surface area contributed by atoms with Crippen LogP contribution in [0.2, 0.25) is 0 Å². The Morgan fingerprint density at radius 2 is 2.29 bits per heavy atom. The van der Waals surface area contributed by atoms with Crippen molar-refractivity contribution in [1.29, 1.82) is 0 Å². The van der Waals surface area contributed by atoms with Gasteiger partial charge in [0, 0.05) is 17.7 Å². The van der Waals surface area contributed by atoms with Gasteiger partial charge in [0.15, 0.2) is 0 Å². The van der Waals surface area contributed by atoms with Crippen LogP contribution in [0, 0.1) is 10.1 Å². The van der Waals surface area contributed by atoms with Gasteiger partial charge in [-0.15, -0.1) is 11.8 Å². The zero-order valence-electron chi connectivity index (χ0n) is 11.4. The van der Waals surface area contributed by atoms with Crippen molar-refractivity contribution >= 4 is 44.8 Å². The number of non-ortho nitro benzene ring substituents is 1. The number of rotatable bonds is 4. The third-order valence-corrected chi connectivity index (χ3v) is 4.42. The van der Waals surface area contributed by atoms with Gasteiger partial charge in [-0.05, 0) is 37.1 Å². The molecule has 0 spiro atoms. The Morgan fingerprint density at radius 3 is 2.86 bits per heavy atom. The molecular weight excluding hydrogens is 312 g/mol. The minimum atomic E-state index is -0.487. The minimum Gasteiger partial charge on any atom is -0.493 e. The molecule has 1 aliphatic heterocycles. The molecule has 0 saturated heterocycles. The average molecular weight is 324 g/mol. The van der Waals surface area contributed by atoms with Crippen molar-refractivity contribution in [3.8, 4) is 5.75 Å². The third-order valence-electron chi connectivity index (χ3n) is 2.57. The number of nitro benzene ring substituents is 1. The molecular formula is C13H12N2O4S2. The highest BCUT2D eigenvalue weighted by Crippen LogP contribution is 2.32. The van der Waals surface area contributed by atoms with Gasteiger partial charge >= 0.3 is 0 Å². The molecule has 1 heterocycles. The summed E-state index contributed by atoms with van der Waals surface area (Å²) in [5.41, 5.74) is 0.685. The number of benzene rings is 1. The quantitative estimate of drug-likeness (QED) is 0.480. The van der Waals surface area contributed by atoms with Gasteiger partial charge in [0.05, 0.1) is 11.5 Å². The Hall–Kier alpha value is -1.80. The number of nitro groups is 1. The van der Waals surface area contributed by atoms with Crippen molar-refractivity contribution in [2.45, 2.75) is 6.92 Å². The monoisotopic (exact) mass is 324 g/mol. The van der Waals surface area contributed by atoms with Crippen molar-refractivity contribution in [3.05, 3.63) is 39.6 Å². The molecule has 6 nitrogen and oxygen atoms in total. The predicted molar refractivity (Wildman–Crippen MR) is 85.8 cm³/mol. The van der Waals surface area contributed by atoms with Crippen molar-refractivity contribution in [1.82, 2.24) is 0 Å². The van der Waals surface area contributed by atoms with E-state index >= 15 is 0 Å². The van der Waals surface area contributed by atoms with Crippen molar-refractivity contribution in [2.24, 2.45) is 4.99 Å². The molecule has 1 aliphatic rings. The SMILES string of the molecule is CCOc1ccc([N+](=O)[O-])cc1/C=C1/N=C(SC)SC1=O. The summed E-state index contributed by atoms with van der Waals surface area (Å²) in [7, 11) is 0. The molecule has 8 heteroatoms. The lowest BCUT2D eigenvalue weighted by molar-refractivity contribution is -0.384. The van der Waals surface area contributed by atoms with Crippen LogP contribution in [0.4, 0.5) is 5.69 Å². The number of thioether (sulfide) groups is 2. The first-order chi connectivity index (χ1) is 10.0. The van der Waals surface area contributed by atoms with E-state index in [4.69, 9.17) is 4.74 Å². The summed E-state index contributed by atoms with van der Waals surface area (Å²) in [6, 6.07) is 4.27. The molecule has 0 aliphatic carbocycles. The second-order valence-electron chi connectivity index (χ2n) is 3.91. The number of hydrogen-bond acceptors (Lipinski definition) is 7. The molecule has 0 fully saturated rings. The van der Waals surface area contributed by atoms with Gasteiger partial charge in [0.25, 0.3) is 5.69 Å². The van der Waals surface area contributed by atoms with Crippen LogP contribution < -0.4 is 4.74 Å². The van der Waals surface area contributed by atoms with E-state index in [0.29, 0.717) is 22.3 Å². The Labute approximate surface area is 129 Å². The summed E-state index contributed by atoms with van der Waals surface area (Å²) >= 11 is 2.44. The Morgan fingerprint density at radius 1 is 1.52 bits per heavy atom. The van der Waals surface area contributed by atoms with Crippen LogP contribution in [0.25, 0.3) is 6.08 Å². The second kappa shape index (κ2) is 6.77. The number of carbonyl (C=O) groups is 1. The summed E-state index contributed by atoms with van der Waals surface area (Å²) in [4.78, 5) is 26.4. The molecule has 0 saturated carbocycles. The van der Waals surface area contributed by atoms with Crippen molar-refractivity contribution in [2.75, 3.05) is 12.9 Å². The van der Waals surface area contributed by atoms with Gasteiger partial charge in [0.1, 0.15) is 15.8 Å². The number of nitrogens with zero attached hydrogens (tertiary/aromatic N) is 2. The van der Waals surface area contributed by atoms with E-state index in [-0.39, 0.29) is 16.5 Å². The van der Waals surface area contributed by atoms with Crippen LogP contribution in [0.15, 0.2) is 28.9 Å². The molecule has 1 aromatic rings. The number of ether oxygens (including phenoxy) is 1. The van der Waals surface area contributed by atoms with E-state index in [0.717, 1.165) is 11.8 Å². The zero-order chi connectivity index (χ0) is 15.4. The zero-order valence-corrected chi connectivity index (χ0v) is 13.0. The van der Waals surface area contributed by atoms with E-state index in [9.17, 15) is 14.9 Å². The molecule has 110 valence electrons. The van der Waals surface area contributed by atoms with Gasteiger partial charge in [0.2, 0.25) is 5.12 Å². The molecule has 21 heavy (non-hydrogen) atoms. The van der Waals surface area contributed by atoms with E-state index in [1.807, 2.05) is 13.2 Å². The van der Waals surface area contributed by atoms with Gasteiger partial charge < -0.3 is 4.74 Å². The van der Waals surface area contributed by atoms with Gasteiger partial charge in [-0.1, -0.05) is 0 Å². The first kappa shape index (κ1) is 15.6. The highest BCUT2D eigenvalue weighted by molar-refractivity contribution is 8.45. The highest BCUT2D eigenvalue weighted by atomic mass is 32.2. The fraction of sp³-hybridized carbons (Fsp3) is 0.231. The molecule has 0 bridgehead atoms. The fourth-order valence-corrected chi connectivity index (χ4v) is 2.94. The number of aliphatic imine (C=N–C) groups is 1. The Balaban J connectivity index is 2.46. The first-order valence-electron chi connectivity index (χ1n) is 6.03. The molecule has 0 unspecified atom stereocenters. The minimum absolute atomic E-state index is 0.0579. The lowest BCUT2D eigenvalue weighted by atomic mass is 10.1. The van der Waals surface area contributed by atoms with Crippen LogP contribution in [-0.4, -0.2) is 27.3 Å². The molecule has 0 atom stereocenters. The Bertz CT molecular complexity index is 656. The van der Waals surface area contributed by atoms with E-state index < -0.39 is 4.92 Å². The molecule has 0 N–H and O–H groups in total. The summed E-state index contributed by atoms with van der Waals surface area (Å²) in [5, 5.41) is 10.7. The topological polar surface area (TPSA) is 81.8 Å². The normalized spacial score (nSPS) is 16.2. The molecule has 0 aromatic heterocycles. The number of carbonyl (C=O) groups excluding carboxylic acids is 1. The van der Waals surface area contributed by atoms with Crippen LogP contribution in [0.3, 0.4) is 0 Å². The molecule has 1 aromatic carbocycles. The maximum atomic E-state index is 11.8.